The van der Waals surface area contributed by atoms with E-state index in [-0.39, 0.29) is 16.9 Å². The zero-order valence-electron chi connectivity index (χ0n) is 14.7. The number of Topliss-reactive ketones (excluding diaryl/α,β-unsaturated/α-hetero) is 1. The third kappa shape index (κ3) is 1.68. The van der Waals surface area contributed by atoms with Crippen molar-refractivity contribution in [2.24, 2.45) is 39.9 Å². The number of ketones is 1. The summed E-state index contributed by atoms with van der Waals surface area (Å²) in [5.41, 5.74) is 0.700. The van der Waals surface area contributed by atoms with Gasteiger partial charge in [-0.1, -0.05) is 27.7 Å². The first-order valence-corrected chi connectivity index (χ1v) is 9.41. The van der Waals surface area contributed by atoms with Gasteiger partial charge in [0.1, 0.15) is 5.78 Å². The number of aliphatic hydroxyl groups is 1. The molecule has 124 valence electrons. The Morgan fingerprint density at radius 2 is 1.77 bits per heavy atom. The average Bonchev–Trinajstić information content (AvgIpc) is 2.72. The summed E-state index contributed by atoms with van der Waals surface area (Å²) in [4.78, 5) is 12.7. The van der Waals surface area contributed by atoms with Crippen LogP contribution < -0.4 is 0 Å². The molecule has 2 heteroatoms. The van der Waals surface area contributed by atoms with Crippen LogP contribution in [0, 0.1) is 39.9 Å². The molecule has 22 heavy (non-hydrogen) atoms. The van der Waals surface area contributed by atoms with E-state index in [2.05, 4.69) is 27.7 Å². The first-order chi connectivity index (χ1) is 10.2. The SMILES string of the molecule is C[C@H]1C[C@@]23CC[C@H]4C(C)(C)[C@H](O)CC[C@@]4(C)[C@H]2CC(=O)[C@@H]1C3. The first kappa shape index (κ1) is 15.2. The second-order valence-electron chi connectivity index (χ2n) is 10.1. The van der Waals surface area contributed by atoms with Crippen LogP contribution in [0.5, 0.6) is 0 Å². The maximum atomic E-state index is 12.7. The van der Waals surface area contributed by atoms with E-state index in [1.165, 1.54) is 25.7 Å². The zero-order valence-corrected chi connectivity index (χ0v) is 14.7. The maximum absolute atomic E-state index is 12.7. The van der Waals surface area contributed by atoms with Gasteiger partial charge in [-0.15, -0.1) is 0 Å². The van der Waals surface area contributed by atoms with Crippen LogP contribution in [0.15, 0.2) is 0 Å². The van der Waals surface area contributed by atoms with Gasteiger partial charge < -0.3 is 5.11 Å². The summed E-state index contributed by atoms with van der Waals surface area (Å²) in [6, 6.07) is 0. The Kier molecular flexibility index (Phi) is 3.02. The molecule has 4 fully saturated rings. The molecule has 0 radical (unpaired) electrons. The minimum Gasteiger partial charge on any atom is -0.393 e. The van der Waals surface area contributed by atoms with E-state index in [1.807, 2.05) is 0 Å². The monoisotopic (exact) mass is 304 g/mol. The molecular formula is C20H32O2. The van der Waals surface area contributed by atoms with Crippen LogP contribution in [0.1, 0.15) is 72.6 Å². The summed E-state index contributed by atoms with van der Waals surface area (Å²) in [6.45, 7) is 9.31. The minimum atomic E-state index is -0.172. The lowest BCUT2D eigenvalue weighted by Gasteiger charge is -2.64. The number of hydrogen-bond acceptors (Lipinski definition) is 2. The molecule has 0 aromatic rings. The molecule has 0 heterocycles. The molecule has 4 saturated carbocycles. The van der Waals surface area contributed by atoms with E-state index in [0.29, 0.717) is 34.9 Å². The van der Waals surface area contributed by atoms with E-state index >= 15 is 0 Å². The number of rotatable bonds is 0. The van der Waals surface area contributed by atoms with Crippen LogP contribution in [-0.2, 0) is 4.79 Å². The molecule has 4 aliphatic rings. The van der Waals surface area contributed by atoms with Crippen molar-refractivity contribution in [3.8, 4) is 0 Å². The van der Waals surface area contributed by atoms with Crippen LogP contribution in [0.25, 0.3) is 0 Å². The van der Waals surface area contributed by atoms with Crippen LogP contribution in [0.4, 0.5) is 0 Å². The Hall–Kier alpha value is -0.370. The Bertz CT molecular complexity index is 510. The van der Waals surface area contributed by atoms with E-state index in [9.17, 15) is 9.90 Å². The van der Waals surface area contributed by atoms with Gasteiger partial charge in [0.25, 0.3) is 0 Å². The summed E-state index contributed by atoms with van der Waals surface area (Å²) in [7, 11) is 0. The Balaban J connectivity index is 1.76. The van der Waals surface area contributed by atoms with Gasteiger partial charge in [0, 0.05) is 12.3 Å². The van der Waals surface area contributed by atoms with Crippen molar-refractivity contribution in [3.05, 3.63) is 0 Å². The fraction of sp³-hybridized carbons (Fsp3) is 0.950. The maximum Gasteiger partial charge on any atom is 0.136 e. The van der Waals surface area contributed by atoms with E-state index < -0.39 is 0 Å². The molecule has 2 nitrogen and oxygen atoms in total. The first-order valence-electron chi connectivity index (χ1n) is 9.41. The van der Waals surface area contributed by atoms with Gasteiger partial charge in [-0.25, -0.2) is 0 Å². The molecule has 2 bridgehead atoms. The predicted molar refractivity (Wildman–Crippen MR) is 87.3 cm³/mol. The van der Waals surface area contributed by atoms with Crippen LogP contribution >= 0.6 is 0 Å². The van der Waals surface area contributed by atoms with Crippen molar-refractivity contribution in [3.63, 3.8) is 0 Å². The topological polar surface area (TPSA) is 37.3 Å². The second-order valence-corrected chi connectivity index (χ2v) is 10.1. The summed E-state index contributed by atoms with van der Waals surface area (Å²) in [5.74, 6) is 2.65. The van der Waals surface area contributed by atoms with Crippen molar-refractivity contribution >= 4 is 5.78 Å². The van der Waals surface area contributed by atoms with Gasteiger partial charge in [-0.3, -0.25) is 4.79 Å². The van der Waals surface area contributed by atoms with E-state index in [0.717, 1.165) is 19.3 Å². The van der Waals surface area contributed by atoms with Gasteiger partial charge in [0.2, 0.25) is 0 Å². The largest absolute Gasteiger partial charge is 0.393 e. The van der Waals surface area contributed by atoms with Gasteiger partial charge >= 0.3 is 0 Å². The minimum absolute atomic E-state index is 0.00126. The number of hydrogen-bond donors (Lipinski definition) is 1. The molecule has 7 atom stereocenters. The van der Waals surface area contributed by atoms with Crippen molar-refractivity contribution in [1.82, 2.24) is 0 Å². The molecule has 0 aromatic carbocycles. The van der Waals surface area contributed by atoms with Crippen LogP contribution in [0.3, 0.4) is 0 Å². The molecule has 0 aromatic heterocycles. The Morgan fingerprint density at radius 3 is 2.50 bits per heavy atom. The lowest BCUT2D eigenvalue weighted by Crippen LogP contribution is -2.59. The number of fused-ring (bicyclic) bond motifs is 3. The molecule has 0 amide bonds. The van der Waals surface area contributed by atoms with Gasteiger partial charge in [0.05, 0.1) is 6.10 Å². The highest BCUT2D eigenvalue weighted by Gasteiger charge is 2.66. The molecule has 0 aliphatic heterocycles. The highest BCUT2D eigenvalue weighted by Crippen LogP contribution is 2.71. The highest BCUT2D eigenvalue weighted by molar-refractivity contribution is 5.83. The highest BCUT2D eigenvalue weighted by atomic mass is 16.3. The average molecular weight is 304 g/mol. The van der Waals surface area contributed by atoms with Crippen molar-refractivity contribution < 1.29 is 9.90 Å². The van der Waals surface area contributed by atoms with Crippen molar-refractivity contribution in [1.29, 1.82) is 0 Å². The Labute approximate surface area is 135 Å². The molecule has 0 saturated heterocycles. The third-order valence-corrected chi connectivity index (χ3v) is 8.84. The number of carbonyl (C=O) groups is 1. The smallest absolute Gasteiger partial charge is 0.136 e. The standard InChI is InChI=1S/C20H32O2/c1-12-10-20-8-5-15-18(2,3)17(22)6-7-19(15,4)16(20)9-14(21)13(12)11-20/h12-13,15-17,22H,5-11H2,1-4H3/t12-,13+,15-,16+,17+,19+,20+/m0/s1. The summed E-state index contributed by atoms with van der Waals surface area (Å²) >= 11 is 0. The zero-order chi connectivity index (χ0) is 15.9. The lowest BCUT2D eigenvalue weighted by atomic mass is 9.40. The van der Waals surface area contributed by atoms with E-state index in [1.54, 1.807) is 0 Å². The van der Waals surface area contributed by atoms with Gasteiger partial charge in [-0.2, -0.15) is 0 Å². The normalized spacial score (nSPS) is 56.4. The fourth-order valence-electron chi connectivity index (χ4n) is 7.73. The molecular weight excluding hydrogens is 272 g/mol. The lowest BCUT2D eigenvalue weighted by molar-refractivity contribution is -0.182. The quantitative estimate of drug-likeness (QED) is 0.728. The summed E-state index contributed by atoms with van der Waals surface area (Å²) in [5, 5.41) is 10.5. The summed E-state index contributed by atoms with van der Waals surface area (Å²) < 4.78 is 0. The number of carbonyl (C=O) groups excluding carboxylic acids is 1. The molecule has 4 rings (SSSR count). The fourth-order valence-corrected chi connectivity index (χ4v) is 7.73. The van der Waals surface area contributed by atoms with Crippen LogP contribution in [-0.4, -0.2) is 17.0 Å². The van der Waals surface area contributed by atoms with Gasteiger partial charge in [0.15, 0.2) is 0 Å². The number of aliphatic hydroxyl groups excluding tert-OH is 1. The molecule has 1 N–H and O–H groups in total. The molecule has 4 aliphatic carbocycles. The van der Waals surface area contributed by atoms with E-state index in [4.69, 9.17) is 0 Å². The molecule has 0 unspecified atom stereocenters. The second kappa shape index (κ2) is 4.37. The third-order valence-electron chi connectivity index (χ3n) is 8.84. The Morgan fingerprint density at radius 1 is 1.05 bits per heavy atom. The van der Waals surface area contributed by atoms with Crippen LogP contribution in [0.2, 0.25) is 0 Å². The predicted octanol–water partition coefficient (Wildman–Crippen LogP) is 4.21. The van der Waals surface area contributed by atoms with Crippen molar-refractivity contribution in [2.45, 2.75) is 78.7 Å². The van der Waals surface area contributed by atoms with Gasteiger partial charge in [-0.05, 0) is 72.5 Å². The summed E-state index contributed by atoms with van der Waals surface area (Å²) in [6.07, 6.45) is 7.68. The molecule has 1 spiro atoms. The van der Waals surface area contributed by atoms with Crippen molar-refractivity contribution in [2.75, 3.05) is 0 Å².